The van der Waals surface area contributed by atoms with E-state index in [1.165, 1.54) is 11.8 Å². The first-order valence-corrected chi connectivity index (χ1v) is 9.18. The lowest BCUT2D eigenvalue weighted by molar-refractivity contribution is -0.136. The number of methoxy groups -OCH3 is 1. The molecule has 2 aromatic rings. The van der Waals surface area contributed by atoms with Crippen molar-refractivity contribution in [3.05, 3.63) is 59.7 Å². The van der Waals surface area contributed by atoms with Gasteiger partial charge in [0.2, 0.25) is 0 Å². The average molecular weight is 373 g/mol. The van der Waals surface area contributed by atoms with Crippen LogP contribution in [0.1, 0.15) is 22.8 Å². The molecule has 1 unspecified atom stereocenters. The van der Waals surface area contributed by atoms with Crippen molar-refractivity contribution in [2.24, 2.45) is 0 Å². The van der Waals surface area contributed by atoms with Gasteiger partial charge in [0.1, 0.15) is 11.0 Å². The van der Waals surface area contributed by atoms with Gasteiger partial charge in [0.25, 0.3) is 5.91 Å². The maximum absolute atomic E-state index is 12.8. The van der Waals surface area contributed by atoms with Crippen molar-refractivity contribution in [3.63, 3.8) is 0 Å². The highest BCUT2D eigenvalue weighted by atomic mass is 32.2. The Morgan fingerprint density at radius 3 is 2.50 bits per heavy atom. The Labute approximate surface area is 158 Å². The Kier molecular flexibility index (Phi) is 7.09. The van der Waals surface area contributed by atoms with Crippen LogP contribution in [0.15, 0.2) is 53.4 Å². The molecule has 0 saturated heterocycles. The number of ether oxygens (including phenoxy) is 1. The number of likely N-dealkylation sites (N-methyl/N-ethyl adjacent to an activating group) is 1. The van der Waals surface area contributed by atoms with E-state index in [0.717, 1.165) is 11.3 Å². The zero-order chi connectivity index (χ0) is 19.1. The van der Waals surface area contributed by atoms with Crippen LogP contribution in [-0.2, 0) is 11.2 Å². The van der Waals surface area contributed by atoms with Crippen molar-refractivity contribution in [1.82, 2.24) is 4.90 Å². The first-order chi connectivity index (χ1) is 12.4. The van der Waals surface area contributed by atoms with Gasteiger partial charge in [-0.3, -0.25) is 9.59 Å². The van der Waals surface area contributed by atoms with Crippen LogP contribution in [0.4, 0.5) is 0 Å². The highest BCUT2D eigenvalue weighted by Crippen LogP contribution is 2.28. The molecule has 0 aromatic heterocycles. The van der Waals surface area contributed by atoms with Gasteiger partial charge in [-0.2, -0.15) is 0 Å². The molecular formula is C20H23NO4S. The summed E-state index contributed by atoms with van der Waals surface area (Å²) in [7, 11) is 3.38. The summed E-state index contributed by atoms with van der Waals surface area (Å²) < 4.78 is 5.35. The number of amides is 1. The first-order valence-electron chi connectivity index (χ1n) is 8.30. The maximum Gasteiger partial charge on any atom is 0.316 e. The third-order valence-electron chi connectivity index (χ3n) is 4.02. The molecule has 1 amide bonds. The van der Waals surface area contributed by atoms with E-state index in [1.807, 2.05) is 30.3 Å². The Hall–Kier alpha value is -2.47. The largest absolute Gasteiger partial charge is 0.496 e. The Balaban J connectivity index is 2.09. The number of carbonyl (C=O) groups excluding carboxylic acids is 1. The first kappa shape index (κ1) is 19.8. The van der Waals surface area contributed by atoms with E-state index in [2.05, 4.69) is 0 Å². The maximum atomic E-state index is 12.8. The second-order valence-electron chi connectivity index (χ2n) is 5.88. The molecule has 0 saturated carbocycles. The number of nitrogens with zero attached hydrogens (tertiary/aromatic N) is 1. The minimum absolute atomic E-state index is 0.124. The molecule has 2 aromatic carbocycles. The minimum atomic E-state index is -0.901. The average Bonchev–Trinajstić information content (AvgIpc) is 2.66. The molecule has 138 valence electrons. The summed E-state index contributed by atoms with van der Waals surface area (Å²) in [6.07, 6.45) is 0.674. The molecule has 0 aliphatic rings. The van der Waals surface area contributed by atoms with Crippen molar-refractivity contribution >= 4 is 23.6 Å². The minimum Gasteiger partial charge on any atom is -0.496 e. The molecule has 0 spiro atoms. The number of hydrogen-bond acceptors (Lipinski definition) is 4. The van der Waals surface area contributed by atoms with Gasteiger partial charge in [0.05, 0.1) is 12.7 Å². The number of aliphatic carboxylic acids is 1. The van der Waals surface area contributed by atoms with E-state index in [4.69, 9.17) is 9.84 Å². The summed E-state index contributed by atoms with van der Waals surface area (Å²) in [5, 5.41) is 8.49. The predicted octanol–water partition coefficient (Wildman–Crippen LogP) is 3.58. The SMILES string of the molecule is COc1ccccc1CCN(C)C(=O)c1ccccc1SC(C)C(=O)O. The number of carboxylic acids is 1. The molecule has 1 N–H and O–H groups in total. The highest BCUT2D eigenvalue weighted by molar-refractivity contribution is 8.00. The third-order valence-corrected chi connectivity index (χ3v) is 5.19. The topological polar surface area (TPSA) is 66.8 Å². The van der Waals surface area contributed by atoms with E-state index in [1.54, 1.807) is 44.2 Å². The van der Waals surface area contributed by atoms with Gasteiger partial charge in [-0.05, 0) is 37.1 Å². The molecule has 0 aliphatic carbocycles. The fourth-order valence-corrected chi connectivity index (χ4v) is 3.41. The molecule has 26 heavy (non-hydrogen) atoms. The van der Waals surface area contributed by atoms with Gasteiger partial charge >= 0.3 is 5.97 Å². The smallest absolute Gasteiger partial charge is 0.316 e. The second-order valence-corrected chi connectivity index (χ2v) is 7.27. The Morgan fingerprint density at radius 1 is 1.15 bits per heavy atom. The molecule has 1 atom stereocenters. The molecule has 6 heteroatoms. The normalized spacial score (nSPS) is 11.7. The third kappa shape index (κ3) is 5.02. The summed E-state index contributed by atoms with van der Waals surface area (Å²) in [6, 6.07) is 14.8. The van der Waals surface area contributed by atoms with Crippen LogP contribution in [-0.4, -0.2) is 47.8 Å². The molecular weight excluding hydrogens is 350 g/mol. The van der Waals surface area contributed by atoms with E-state index < -0.39 is 11.2 Å². The monoisotopic (exact) mass is 373 g/mol. The summed E-state index contributed by atoms with van der Waals surface area (Å²) in [6.45, 7) is 2.15. The molecule has 0 heterocycles. The van der Waals surface area contributed by atoms with Crippen LogP contribution in [0.25, 0.3) is 0 Å². The van der Waals surface area contributed by atoms with Crippen molar-refractivity contribution in [1.29, 1.82) is 0 Å². The van der Waals surface area contributed by atoms with Crippen LogP contribution in [0.5, 0.6) is 5.75 Å². The summed E-state index contributed by atoms with van der Waals surface area (Å²) in [5.41, 5.74) is 1.56. The van der Waals surface area contributed by atoms with E-state index in [9.17, 15) is 9.59 Å². The summed E-state index contributed by atoms with van der Waals surface area (Å²) >= 11 is 1.18. The van der Waals surface area contributed by atoms with Crippen molar-refractivity contribution < 1.29 is 19.4 Å². The van der Waals surface area contributed by atoms with Gasteiger partial charge in [-0.15, -0.1) is 11.8 Å². The fourth-order valence-electron chi connectivity index (χ4n) is 2.49. The molecule has 0 radical (unpaired) electrons. The van der Waals surface area contributed by atoms with E-state index in [-0.39, 0.29) is 5.91 Å². The number of carboxylic acid groups (broad SMARTS) is 1. The lowest BCUT2D eigenvalue weighted by Crippen LogP contribution is -2.29. The molecule has 0 fully saturated rings. The van der Waals surface area contributed by atoms with Crippen LogP contribution in [0.3, 0.4) is 0 Å². The number of thioether (sulfide) groups is 1. The molecule has 2 rings (SSSR count). The molecule has 0 bridgehead atoms. The van der Waals surface area contributed by atoms with Crippen LogP contribution in [0.2, 0.25) is 0 Å². The van der Waals surface area contributed by atoms with Gasteiger partial charge in [-0.1, -0.05) is 30.3 Å². The highest BCUT2D eigenvalue weighted by Gasteiger charge is 2.20. The van der Waals surface area contributed by atoms with Crippen LogP contribution < -0.4 is 4.74 Å². The van der Waals surface area contributed by atoms with E-state index in [0.29, 0.717) is 23.4 Å². The zero-order valence-electron chi connectivity index (χ0n) is 15.1. The number of rotatable bonds is 8. The fraction of sp³-hybridized carbons (Fsp3) is 0.300. The van der Waals surface area contributed by atoms with Gasteiger partial charge in [0.15, 0.2) is 0 Å². The lowest BCUT2D eigenvalue weighted by atomic mass is 10.1. The molecule has 5 nitrogen and oxygen atoms in total. The summed E-state index contributed by atoms with van der Waals surface area (Å²) in [4.78, 5) is 26.3. The number of benzene rings is 2. The van der Waals surface area contributed by atoms with Gasteiger partial charge in [0, 0.05) is 18.5 Å². The van der Waals surface area contributed by atoms with Crippen molar-refractivity contribution in [2.45, 2.75) is 23.5 Å². The zero-order valence-corrected chi connectivity index (χ0v) is 16.0. The lowest BCUT2D eigenvalue weighted by Gasteiger charge is -2.20. The standard InChI is InChI=1S/C20H23NO4S/c1-14(20(23)24)26-18-11-7-5-9-16(18)19(22)21(2)13-12-15-8-4-6-10-17(15)25-3/h4-11,14H,12-13H2,1-3H3,(H,23,24). The Morgan fingerprint density at radius 2 is 1.81 bits per heavy atom. The number of carbonyl (C=O) groups is 2. The van der Waals surface area contributed by atoms with Gasteiger partial charge < -0.3 is 14.7 Å². The summed E-state index contributed by atoms with van der Waals surface area (Å²) in [5.74, 6) is -0.220. The van der Waals surface area contributed by atoms with Crippen molar-refractivity contribution in [2.75, 3.05) is 20.7 Å². The van der Waals surface area contributed by atoms with E-state index >= 15 is 0 Å². The van der Waals surface area contributed by atoms with Crippen molar-refractivity contribution in [3.8, 4) is 5.75 Å². The predicted molar refractivity (Wildman–Crippen MR) is 103 cm³/mol. The van der Waals surface area contributed by atoms with Crippen LogP contribution >= 0.6 is 11.8 Å². The van der Waals surface area contributed by atoms with Crippen LogP contribution in [0, 0.1) is 0 Å². The number of hydrogen-bond donors (Lipinski definition) is 1. The second kappa shape index (κ2) is 9.29. The Bertz CT molecular complexity index is 778. The number of para-hydroxylation sites is 1. The molecule has 0 aliphatic heterocycles. The van der Waals surface area contributed by atoms with Gasteiger partial charge in [-0.25, -0.2) is 0 Å². The quantitative estimate of drug-likeness (QED) is 0.717.